The standard InChI is InChI=1S/C17H20N8/c1-2-13(3-1)17-22-21-15-4-5-16(23-25(15)17)24-9-12(10-24)8-19-14-6-7-18-11-20-14/h4-7,11-13H,1-3,8-10H2,(H,18,19,20). The van der Waals surface area contributed by atoms with Crippen LogP contribution in [0.1, 0.15) is 31.0 Å². The van der Waals surface area contributed by atoms with Crippen molar-refractivity contribution in [3.8, 4) is 0 Å². The van der Waals surface area contributed by atoms with Crippen LogP contribution < -0.4 is 10.2 Å². The van der Waals surface area contributed by atoms with E-state index in [2.05, 4.69) is 30.4 Å². The van der Waals surface area contributed by atoms with Gasteiger partial charge in [-0.05, 0) is 31.0 Å². The molecule has 0 unspecified atom stereocenters. The number of fused-ring (bicyclic) bond motifs is 1. The summed E-state index contributed by atoms with van der Waals surface area (Å²) in [6.45, 7) is 2.91. The molecule has 0 aromatic carbocycles. The van der Waals surface area contributed by atoms with Crippen molar-refractivity contribution in [1.82, 2.24) is 29.8 Å². The molecule has 1 N–H and O–H groups in total. The monoisotopic (exact) mass is 336 g/mol. The van der Waals surface area contributed by atoms with Gasteiger partial charge in [0.05, 0.1) is 0 Å². The number of hydrogen-bond acceptors (Lipinski definition) is 7. The fraction of sp³-hybridized carbons (Fsp3) is 0.471. The second-order valence-electron chi connectivity index (χ2n) is 6.89. The lowest BCUT2D eigenvalue weighted by molar-refractivity contribution is 0.393. The minimum absolute atomic E-state index is 0.527. The molecule has 0 amide bonds. The maximum absolute atomic E-state index is 4.79. The molecule has 1 aliphatic carbocycles. The van der Waals surface area contributed by atoms with Gasteiger partial charge in [0, 0.05) is 37.7 Å². The number of nitrogens with zero attached hydrogens (tertiary/aromatic N) is 7. The van der Waals surface area contributed by atoms with Crippen molar-refractivity contribution >= 4 is 17.3 Å². The highest BCUT2D eigenvalue weighted by Gasteiger charge is 2.29. The van der Waals surface area contributed by atoms with Gasteiger partial charge in [0.25, 0.3) is 0 Å². The summed E-state index contributed by atoms with van der Waals surface area (Å²) >= 11 is 0. The lowest BCUT2D eigenvalue weighted by atomic mass is 9.85. The molecule has 0 spiro atoms. The summed E-state index contributed by atoms with van der Waals surface area (Å²) in [7, 11) is 0. The first-order valence-corrected chi connectivity index (χ1v) is 8.84. The Balaban J connectivity index is 1.24. The normalized spacial score (nSPS) is 18.2. The maximum Gasteiger partial charge on any atom is 0.178 e. The predicted octanol–water partition coefficient (Wildman–Crippen LogP) is 1.73. The summed E-state index contributed by atoms with van der Waals surface area (Å²) in [5.41, 5.74) is 0.841. The van der Waals surface area contributed by atoms with Crippen LogP contribution in [0.25, 0.3) is 5.65 Å². The molecule has 3 aromatic heterocycles. The van der Waals surface area contributed by atoms with Crippen LogP contribution in [-0.2, 0) is 0 Å². The van der Waals surface area contributed by atoms with Gasteiger partial charge in [-0.2, -0.15) is 4.52 Å². The van der Waals surface area contributed by atoms with Crippen molar-refractivity contribution in [2.75, 3.05) is 29.9 Å². The number of aromatic nitrogens is 6. The smallest absolute Gasteiger partial charge is 0.178 e. The molecule has 1 aliphatic heterocycles. The van der Waals surface area contributed by atoms with Crippen LogP contribution in [0, 0.1) is 5.92 Å². The van der Waals surface area contributed by atoms with Gasteiger partial charge in [-0.3, -0.25) is 0 Å². The lowest BCUT2D eigenvalue weighted by Gasteiger charge is -2.40. The molecular weight excluding hydrogens is 316 g/mol. The van der Waals surface area contributed by atoms with Gasteiger partial charge in [0.15, 0.2) is 11.5 Å². The summed E-state index contributed by atoms with van der Waals surface area (Å²) in [5.74, 6) is 4.03. The number of nitrogens with one attached hydrogen (secondary N) is 1. The molecule has 8 heteroatoms. The Bertz CT molecular complexity index is 867. The summed E-state index contributed by atoms with van der Waals surface area (Å²) < 4.78 is 1.94. The van der Waals surface area contributed by atoms with Crippen molar-refractivity contribution in [3.63, 3.8) is 0 Å². The fourth-order valence-electron chi connectivity index (χ4n) is 3.42. The fourth-order valence-corrected chi connectivity index (χ4v) is 3.42. The zero-order valence-electron chi connectivity index (χ0n) is 13.9. The van der Waals surface area contributed by atoms with Gasteiger partial charge in [-0.15, -0.1) is 15.3 Å². The molecular formula is C17H20N8. The molecule has 0 radical (unpaired) electrons. The van der Waals surface area contributed by atoms with E-state index in [0.717, 1.165) is 42.7 Å². The Morgan fingerprint density at radius 1 is 1.12 bits per heavy atom. The quantitative estimate of drug-likeness (QED) is 0.759. The van der Waals surface area contributed by atoms with Gasteiger partial charge >= 0.3 is 0 Å². The van der Waals surface area contributed by atoms with E-state index < -0.39 is 0 Å². The largest absolute Gasteiger partial charge is 0.370 e. The Morgan fingerprint density at radius 3 is 2.80 bits per heavy atom. The second kappa shape index (κ2) is 5.94. The number of rotatable bonds is 5. The topological polar surface area (TPSA) is 84.1 Å². The zero-order valence-corrected chi connectivity index (χ0v) is 13.9. The van der Waals surface area contributed by atoms with Crippen molar-refractivity contribution < 1.29 is 0 Å². The van der Waals surface area contributed by atoms with E-state index in [4.69, 9.17) is 5.10 Å². The zero-order chi connectivity index (χ0) is 16.6. The van der Waals surface area contributed by atoms with Crippen LogP contribution in [0.3, 0.4) is 0 Å². The Kier molecular flexibility index (Phi) is 3.46. The van der Waals surface area contributed by atoms with Gasteiger partial charge in [0.1, 0.15) is 18.0 Å². The van der Waals surface area contributed by atoms with E-state index in [1.165, 1.54) is 19.3 Å². The average molecular weight is 336 g/mol. The second-order valence-corrected chi connectivity index (χ2v) is 6.89. The molecule has 0 atom stereocenters. The number of anilines is 2. The lowest BCUT2D eigenvalue weighted by Crippen LogP contribution is -2.50. The van der Waals surface area contributed by atoms with Crippen molar-refractivity contribution in [2.45, 2.75) is 25.2 Å². The third-order valence-corrected chi connectivity index (χ3v) is 5.18. The Labute approximate surface area is 145 Å². The van der Waals surface area contributed by atoms with Crippen molar-refractivity contribution in [2.24, 2.45) is 5.92 Å². The van der Waals surface area contributed by atoms with Gasteiger partial charge in [0.2, 0.25) is 0 Å². The van der Waals surface area contributed by atoms with E-state index in [-0.39, 0.29) is 0 Å². The molecule has 128 valence electrons. The highest BCUT2D eigenvalue weighted by molar-refractivity contribution is 5.48. The molecule has 2 aliphatic rings. The van der Waals surface area contributed by atoms with Crippen LogP contribution >= 0.6 is 0 Å². The third-order valence-electron chi connectivity index (χ3n) is 5.18. The van der Waals surface area contributed by atoms with Gasteiger partial charge < -0.3 is 10.2 Å². The van der Waals surface area contributed by atoms with Crippen LogP contribution in [0.15, 0.2) is 30.7 Å². The Morgan fingerprint density at radius 2 is 2.04 bits per heavy atom. The minimum atomic E-state index is 0.527. The summed E-state index contributed by atoms with van der Waals surface area (Å²) in [4.78, 5) is 10.4. The molecule has 8 nitrogen and oxygen atoms in total. The molecule has 4 heterocycles. The highest BCUT2D eigenvalue weighted by Crippen LogP contribution is 2.35. The minimum Gasteiger partial charge on any atom is -0.370 e. The summed E-state index contributed by atoms with van der Waals surface area (Å²) in [5, 5.41) is 16.8. The van der Waals surface area contributed by atoms with Gasteiger partial charge in [-0.25, -0.2) is 9.97 Å². The van der Waals surface area contributed by atoms with Gasteiger partial charge in [-0.1, -0.05) is 6.42 Å². The molecule has 2 fully saturated rings. The van der Waals surface area contributed by atoms with Crippen LogP contribution in [0.2, 0.25) is 0 Å². The Hall–Kier alpha value is -2.77. The van der Waals surface area contributed by atoms with Crippen LogP contribution in [0.4, 0.5) is 11.6 Å². The summed E-state index contributed by atoms with van der Waals surface area (Å²) in [6, 6.07) is 5.95. The first kappa shape index (κ1) is 14.6. The molecule has 0 bridgehead atoms. The highest BCUT2D eigenvalue weighted by atomic mass is 15.4. The summed E-state index contributed by atoms with van der Waals surface area (Å²) in [6.07, 6.45) is 7.00. The van der Waals surface area contributed by atoms with E-state index in [1.54, 1.807) is 12.5 Å². The van der Waals surface area contributed by atoms with E-state index in [0.29, 0.717) is 11.8 Å². The molecule has 1 saturated carbocycles. The average Bonchev–Trinajstić information content (AvgIpc) is 2.96. The SMILES string of the molecule is c1cc(NCC2CN(c3ccc4nnc(C5CCC5)n4n3)C2)ncn1. The van der Waals surface area contributed by atoms with Crippen LogP contribution in [-0.4, -0.2) is 49.4 Å². The maximum atomic E-state index is 4.79. The molecule has 5 rings (SSSR count). The first-order valence-electron chi connectivity index (χ1n) is 8.84. The van der Waals surface area contributed by atoms with Crippen molar-refractivity contribution in [3.05, 3.63) is 36.5 Å². The third kappa shape index (κ3) is 2.67. The molecule has 25 heavy (non-hydrogen) atoms. The predicted molar refractivity (Wildman–Crippen MR) is 93.6 cm³/mol. The van der Waals surface area contributed by atoms with E-state index in [9.17, 15) is 0 Å². The molecule has 1 saturated heterocycles. The van der Waals surface area contributed by atoms with Crippen LogP contribution in [0.5, 0.6) is 0 Å². The molecule has 3 aromatic rings. The van der Waals surface area contributed by atoms with E-state index >= 15 is 0 Å². The van der Waals surface area contributed by atoms with Crippen molar-refractivity contribution in [1.29, 1.82) is 0 Å². The number of hydrogen-bond donors (Lipinski definition) is 1. The first-order chi connectivity index (χ1) is 12.4. The van der Waals surface area contributed by atoms with E-state index in [1.807, 2.05) is 22.7 Å².